The lowest BCUT2D eigenvalue weighted by atomic mass is 10.0. The minimum atomic E-state index is -0.270. The monoisotopic (exact) mass is 298 g/mol. The van der Waals surface area contributed by atoms with E-state index in [0.717, 1.165) is 19.3 Å². The highest BCUT2D eigenvalue weighted by Crippen LogP contribution is 2.28. The molecule has 1 aliphatic rings. The number of carbonyl (C=O) groups is 1. The smallest absolute Gasteiger partial charge is 0.302 e. The number of rotatable bonds is 4. The number of benzene rings is 1. The van der Waals surface area contributed by atoms with Gasteiger partial charge in [-0.1, -0.05) is 11.6 Å². The second kappa shape index (κ2) is 6.81. The minimum absolute atomic E-state index is 0.109. The number of hydrogen-bond acceptors (Lipinski definition) is 5. The van der Waals surface area contributed by atoms with Crippen LogP contribution in [0.3, 0.4) is 0 Å². The molecule has 0 radical (unpaired) electrons. The van der Waals surface area contributed by atoms with Crippen molar-refractivity contribution in [3.8, 4) is 5.75 Å². The van der Waals surface area contributed by atoms with Crippen LogP contribution in [-0.2, 0) is 9.53 Å². The lowest BCUT2D eigenvalue weighted by molar-refractivity contribution is -0.142. The number of nitrogens with two attached hydrogens (primary N) is 1. The lowest BCUT2D eigenvalue weighted by Gasteiger charge is -2.31. The van der Waals surface area contributed by atoms with E-state index in [-0.39, 0.29) is 18.2 Å². The second-order valence-electron chi connectivity index (χ2n) is 4.89. The van der Waals surface area contributed by atoms with E-state index >= 15 is 0 Å². The van der Waals surface area contributed by atoms with E-state index < -0.39 is 0 Å². The highest BCUT2D eigenvalue weighted by molar-refractivity contribution is 6.32. The average molecular weight is 299 g/mol. The van der Waals surface area contributed by atoms with Gasteiger partial charge in [-0.2, -0.15) is 0 Å². The summed E-state index contributed by atoms with van der Waals surface area (Å²) in [4.78, 5) is 10.8. The summed E-state index contributed by atoms with van der Waals surface area (Å²) in [6.07, 6.45) is 2.69. The summed E-state index contributed by atoms with van der Waals surface area (Å²) < 4.78 is 10.9. The van der Waals surface area contributed by atoms with Crippen molar-refractivity contribution >= 4 is 23.3 Å². The fraction of sp³-hybridized carbons (Fsp3) is 0.500. The molecule has 1 fully saturated rings. The highest BCUT2D eigenvalue weighted by Gasteiger charge is 2.23. The van der Waals surface area contributed by atoms with E-state index in [9.17, 15) is 4.79 Å². The molecule has 0 unspecified atom stereocenters. The minimum Gasteiger partial charge on any atom is -0.474 e. The van der Waals surface area contributed by atoms with E-state index in [1.54, 1.807) is 18.2 Å². The maximum Gasteiger partial charge on any atom is 0.302 e. The SMILES string of the molecule is CC(=O)OC[C@H]1CCC[C@H](Oc2cc(N)ccc2Cl)N1. The molecule has 110 valence electrons. The molecule has 1 aliphatic heterocycles. The van der Waals surface area contributed by atoms with Gasteiger partial charge in [-0.15, -0.1) is 0 Å². The largest absolute Gasteiger partial charge is 0.474 e. The summed E-state index contributed by atoms with van der Waals surface area (Å²) >= 11 is 6.08. The molecule has 1 saturated heterocycles. The number of anilines is 1. The fourth-order valence-corrected chi connectivity index (χ4v) is 2.35. The van der Waals surface area contributed by atoms with Gasteiger partial charge in [0, 0.05) is 24.7 Å². The number of nitrogens with one attached hydrogen (secondary N) is 1. The van der Waals surface area contributed by atoms with E-state index in [0.29, 0.717) is 23.1 Å². The number of halogens is 1. The number of esters is 1. The summed E-state index contributed by atoms with van der Waals surface area (Å²) in [5.74, 6) is 0.297. The molecular formula is C14H19ClN2O3. The molecule has 0 aromatic heterocycles. The van der Waals surface area contributed by atoms with Gasteiger partial charge in [-0.05, 0) is 31.4 Å². The molecule has 0 amide bonds. The molecule has 1 aromatic carbocycles. The molecule has 20 heavy (non-hydrogen) atoms. The summed E-state index contributed by atoms with van der Waals surface area (Å²) in [5.41, 5.74) is 6.33. The van der Waals surface area contributed by atoms with Crippen LogP contribution in [0.4, 0.5) is 5.69 Å². The van der Waals surface area contributed by atoms with Crippen LogP contribution in [0.1, 0.15) is 26.2 Å². The molecule has 5 nitrogen and oxygen atoms in total. The second-order valence-corrected chi connectivity index (χ2v) is 5.30. The van der Waals surface area contributed by atoms with E-state index in [1.165, 1.54) is 6.92 Å². The Morgan fingerprint density at radius 1 is 1.50 bits per heavy atom. The summed E-state index contributed by atoms with van der Waals surface area (Å²) in [6, 6.07) is 5.26. The molecule has 0 spiro atoms. The topological polar surface area (TPSA) is 73.6 Å². The van der Waals surface area contributed by atoms with Crippen LogP contribution in [0.15, 0.2) is 18.2 Å². The number of hydrogen-bond donors (Lipinski definition) is 2. The van der Waals surface area contributed by atoms with Crippen molar-refractivity contribution < 1.29 is 14.3 Å². The van der Waals surface area contributed by atoms with Crippen molar-refractivity contribution in [1.82, 2.24) is 5.32 Å². The maximum atomic E-state index is 10.8. The normalized spacial score (nSPS) is 22.3. The Morgan fingerprint density at radius 2 is 2.30 bits per heavy atom. The van der Waals surface area contributed by atoms with Gasteiger partial charge >= 0.3 is 5.97 Å². The number of nitrogen functional groups attached to an aromatic ring is 1. The fourth-order valence-electron chi connectivity index (χ4n) is 2.19. The Balaban J connectivity index is 1.92. The van der Waals surface area contributed by atoms with Crippen molar-refractivity contribution in [2.45, 2.75) is 38.5 Å². The number of piperidine rings is 1. The first-order valence-electron chi connectivity index (χ1n) is 6.65. The zero-order chi connectivity index (χ0) is 14.5. The van der Waals surface area contributed by atoms with Crippen LogP contribution in [0, 0.1) is 0 Å². The Bertz CT molecular complexity index is 481. The lowest BCUT2D eigenvalue weighted by Crippen LogP contribution is -2.47. The van der Waals surface area contributed by atoms with Gasteiger partial charge in [0.25, 0.3) is 0 Å². The Morgan fingerprint density at radius 3 is 3.05 bits per heavy atom. The summed E-state index contributed by atoms with van der Waals surface area (Å²) in [7, 11) is 0. The molecule has 0 saturated carbocycles. The molecule has 2 atom stereocenters. The van der Waals surface area contributed by atoms with Crippen molar-refractivity contribution in [3.63, 3.8) is 0 Å². The molecule has 2 rings (SSSR count). The Labute approximate surface area is 123 Å². The molecule has 3 N–H and O–H groups in total. The zero-order valence-corrected chi connectivity index (χ0v) is 12.2. The quantitative estimate of drug-likeness (QED) is 0.659. The summed E-state index contributed by atoms with van der Waals surface area (Å²) in [5, 5.41) is 3.84. The van der Waals surface area contributed by atoms with Gasteiger partial charge in [0.05, 0.1) is 5.02 Å². The van der Waals surface area contributed by atoms with Crippen LogP contribution in [-0.4, -0.2) is 24.8 Å². The van der Waals surface area contributed by atoms with Gasteiger partial charge in [-0.25, -0.2) is 0 Å². The molecular weight excluding hydrogens is 280 g/mol. The molecule has 0 aliphatic carbocycles. The van der Waals surface area contributed by atoms with Crippen LogP contribution in [0.2, 0.25) is 5.02 Å². The van der Waals surface area contributed by atoms with E-state index in [2.05, 4.69) is 5.32 Å². The van der Waals surface area contributed by atoms with Gasteiger partial charge in [0.2, 0.25) is 0 Å². The molecule has 6 heteroatoms. The van der Waals surface area contributed by atoms with Gasteiger partial charge < -0.3 is 15.2 Å². The van der Waals surface area contributed by atoms with Gasteiger partial charge in [0.1, 0.15) is 12.4 Å². The van der Waals surface area contributed by atoms with Crippen molar-refractivity contribution in [2.75, 3.05) is 12.3 Å². The third kappa shape index (κ3) is 4.28. The van der Waals surface area contributed by atoms with E-state index in [4.69, 9.17) is 26.8 Å². The predicted molar refractivity (Wildman–Crippen MR) is 77.7 cm³/mol. The zero-order valence-electron chi connectivity index (χ0n) is 11.4. The van der Waals surface area contributed by atoms with Gasteiger partial charge in [-0.3, -0.25) is 10.1 Å². The third-order valence-electron chi connectivity index (χ3n) is 3.15. The van der Waals surface area contributed by atoms with Crippen LogP contribution in [0.5, 0.6) is 5.75 Å². The molecule has 0 bridgehead atoms. The maximum absolute atomic E-state index is 10.8. The van der Waals surface area contributed by atoms with Crippen LogP contribution in [0.25, 0.3) is 0 Å². The highest BCUT2D eigenvalue weighted by atomic mass is 35.5. The Kier molecular flexibility index (Phi) is 5.09. The number of carbonyl (C=O) groups excluding carboxylic acids is 1. The predicted octanol–water partition coefficient (Wildman–Crippen LogP) is 2.33. The third-order valence-corrected chi connectivity index (χ3v) is 3.47. The Hall–Kier alpha value is -1.46. The molecule has 1 aromatic rings. The first-order valence-corrected chi connectivity index (χ1v) is 7.03. The average Bonchev–Trinajstić information content (AvgIpc) is 2.41. The van der Waals surface area contributed by atoms with E-state index in [1.807, 2.05) is 0 Å². The standard InChI is InChI=1S/C14H19ClN2O3/c1-9(18)19-8-11-3-2-4-14(17-11)20-13-7-10(16)5-6-12(13)15/h5-7,11,14,17H,2-4,8,16H2,1H3/t11-,14+/m1/s1. The van der Waals surface area contributed by atoms with Crippen molar-refractivity contribution in [2.24, 2.45) is 0 Å². The van der Waals surface area contributed by atoms with Crippen molar-refractivity contribution in [1.29, 1.82) is 0 Å². The van der Waals surface area contributed by atoms with Crippen molar-refractivity contribution in [3.05, 3.63) is 23.2 Å². The summed E-state index contributed by atoms with van der Waals surface area (Å²) in [6.45, 7) is 1.77. The molecule has 1 heterocycles. The number of ether oxygens (including phenoxy) is 2. The first-order chi connectivity index (χ1) is 9.54. The first kappa shape index (κ1) is 14.9. The van der Waals surface area contributed by atoms with Crippen LogP contribution < -0.4 is 15.8 Å². The van der Waals surface area contributed by atoms with Gasteiger partial charge in [0.15, 0.2) is 6.23 Å². The van der Waals surface area contributed by atoms with Crippen LogP contribution >= 0.6 is 11.6 Å².